The van der Waals surface area contributed by atoms with Gasteiger partial charge in [0.1, 0.15) is 11.4 Å². The molecular formula is C28H38N6O2. The van der Waals surface area contributed by atoms with Gasteiger partial charge in [0.15, 0.2) is 11.4 Å². The fourth-order valence-corrected chi connectivity index (χ4v) is 4.90. The smallest absolute Gasteiger partial charge is 0.174 e. The average Bonchev–Trinajstić information content (AvgIpc) is 2.82. The summed E-state index contributed by atoms with van der Waals surface area (Å²) in [5.74, 6) is 2.15. The summed E-state index contributed by atoms with van der Waals surface area (Å²) in [6, 6.07) is 8.96. The molecule has 2 saturated heterocycles. The van der Waals surface area contributed by atoms with Crippen molar-refractivity contribution in [3.8, 4) is 11.8 Å². The Hall–Kier alpha value is -3.02. The van der Waals surface area contributed by atoms with Crippen molar-refractivity contribution in [2.45, 2.75) is 64.5 Å². The third kappa shape index (κ3) is 5.53. The molecule has 0 radical (unpaired) electrons. The number of allylic oxidation sites excluding steroid dienone is 1. The van der Waals surface area contributed by atoms with Crippen LogP contribution in [-0.2, 0) is 4.74 Å². The third-order valence-corrected chi connectivity index (χ3v) is 7.23. The van der Waals surface area contributed by atoms with Crippen LogP contribution in [0.2, 0.25) is 0 Å². The Morgan fingerprint density at radius 2 is 2.14 bits per heavy atom. The van der Waals surface area contributed by atoms with E-state index in [0.29, 0.717) is 37.5 Å². The Bertz CT molecular complexity index is 1100. The van der Waals surface area contributed by atoms with Crippen LogP contribution in [-0.4, -0.2) is 67.3 Å². The van der Waals surface area contributed by atoms with Gasteiger partial charge in [-0.3, -0.25) is 9.89 Å². The lowest BCUT2D eigenvalue weighted by Crippen LogP contribution is -2.67. The molecule has 0 aliphatic carbocycles. The van der Waals surface area contributed by atoms with Gasteiger partial charge in [0, 0.05) is 36.3 Å². The Balaban J connectivity index is 1.64. The van der Waals surface area contributed by atoms with Crippen LogP contribution < -0.4 is 10.5 Å². The second-order valence-electron chi connectivity index (χ2n) is 10.2. The molecule has 1 aromatic carbocycles. The van der Waals surface area contributed by atoms with Crippen molar-refractivity contribution in [1.29, 1.82) is 5.26 Å². The predicted molar refractivity (Wildman–Crippen MR) is 144 cm³/mol. The second kappa shape index (κ2) is 11.4. The van der Waals surface area contributed by atoms with Crippen molar-refractivity contribution < 1.29 is 9.47 Å². The van der Waals surface area contributed by atoms with E-state index in [1.54, 1.807) is 0 Å². The van der Waals surface area contributed by atoms with Crippen molar-refractivity contribution in [3.63, 3.8) is 0 Å². The van der Waals surface area contributed by atoms with E-state index in [1.165, 1.54) is 11.9 Å². The van der Waals surface area contributed by atoms with Gasteiger partial charge >= 0.3 is 0 Å². The van der Waals surface area contributed by atoms with Crippen LogP contribution in [0.25, 0.3) is 0 Å². The minimum atomic E-state index is -0.436. The molecule has 0 amide bonds. The zero-order valence-corrected chi connectivity index (χ0v) is 21.9. The van der Waals surface area contributed by atoms with Gasteiger partial charge < -0.3 is 15.2 Å². The molecule has 0 spiro atoms. The molecule has 0 saturated carbocycles. The Morgan fingerprint density at radius 1 is 1.36 bits per heavy atom. The standard InChI is InChI=1S/C28H38N6O2/c1-5-21-7-6-10-36-26-12-22(23-13-34(14-23)28(15-29)16-35-17-28)8-9-24(26)20(4)33-25(11-21)27(31-18-30)32-19(2)3/h8-9,11-12,18-19,21,23H,5-7,10,13-14,16-17H2,1-4H3,(H2,30,31,32). The quantitative estimate of drug-likeness (QED) is 0.494. The summed E-state index contributed by atoms with van der Waals surface area (Å²) in [6.07, 6.45) is 6.43. The largest absolute Gasteiger partial charge is 0.493 e. The summed E-state index contributed by atoms with van der Waals surface area (Å²) in [5.41, 5.74) is 9.04. The minimum absolute atomic E-state index is 0.0743. The first-order valence-corrected chi connectivity index (χ1v) is 13.0. The Morgan fingerprint density at radius 3 is 2.75 bits per heavy atom. The van der Waals surface area contributed by atoms with Gasteiger partial charge in [-0.05, 0) is 63.6 Å². The predicted octanol–water partition coefficient (Wildman–Crippen LogP) is 4.06. The highest BCUT2D eigenvalue weighted by atomic mass is 16.5. The van der Waals surface area contributed by atoms with Gasteiger partial charge in [0.05, 0.1) is 32.2 Å². The maximum atomic E-state index is 9.59. The third-order valence-electron chi connectivity index (χ3n) is 7.23. The number of likely N-dealkylation sites (tertiary alicyclic amines) is 1. The molecule has 8 nitrogen and oxygen atoms in total. The summed E-state index contributed by atoms with van der Waals surface area (Å²) < 4.78 is 11.7. The maximum Gasteiger partial charge on any atom is 0.174 e. The number of hydrogen-bond acceptors (Lipinski definition) is 6. The molecular weight excluding hydrogens is 452 g/mol. The van der Waals surface area contributed by atoms with Crippen LogP contribution in [0.5, 0.6) is 5.75 Å². The maximum absolute atomic E-state index is 9.59. The molecule has 0 bridgehead atoms. The molecule has 1 unspecified atom stereocenters. The molecule has 3 aliphatic heterocycles. The van der Waals surface area contributed by atoms with E-state index < -0.39 is 5.54 Å². The van der Waals surface area contributed by atoms with E-state index in [1.807, 2.05) is 20.8 Å². The first-order valence-electron chi connectivity index (χ1n) is 13.0. The summed E-state index contributed by atoms with van der Waals surface area (Å²) in [5, 5.41) is 9.59. The highest BCUT2D eigenvalue weighted by Crippen LogP contribution is 2.38. The number of nitrogens with two attached hydrogens (primary N) is 1. The SMILES string of the molecule is CCC1C=C(C(N=CN)=NC(C)C)N=C(C)c2ccc(C3CN(C4(C#N)COC4)C3)cc2OCCC1. The summed E-state index contributed by atoms with van der Waals surface area (Å²) in [4.78, 5) is 16.3. The van der Waals surface area contributed by atoms with Gasteiger partial charge in [0.25, 0.3) is 0 Å². The first-order chi connectivity index (χ1) is 17.4. The van der Waals surface area contributed by atoms with Crippen molar-refractivity contribution in [2.75, 3.05) is 32.9 Å². The van der Waals surface area contributed by atoms with Gasteiger partial charge in [-0.2, -0.15) is 5.26 Å². The molecule has 0 aromatic heterocycles. The van der Waals surface area contributed by atoms with Crippen LogP contribution in [0.15, 0.2) is 44.9 Å². The van der Waals surface area contributed by atoms with Crippen LogP contribution in [0.3, 0.4) is 0 Å². The topological polar surface area (TPSA) is 109 Å². The Kier molecular flexibility index (Phi) is 8.22. The molecule has 2 N–H and O–H groups in total. The fourth-order valence-electron chi connectivity index (χ4n) is 4.90. The molecule has 1 atom stereocenters. The normalized spacial score (nSPS) is 23.4. The van der Waals surface area contributed by atoms with E-state index in [0.717, 1.165) is 55.1 Å². The number of hydrogen-bond donors (Lipinski definition) is 1. The highest BCUT2D eigenvalue weighted by molar-refractivity contribution is 6.08. The number of nitriles is 1. The number of amidine groups is 1. The van der Waals surface area contributed by atoms with Crippen molar-refractivity contribution in [3.05, 3.63) is 41.1 Å². The summed E-state index contributed by atoms with van der Waals surface area (Å²) in [7, 11) is 0. The average molecular weight is 491 g/mol. The van der Waals surface area contributed by atoms with Crippen LogP contribution in [0.4, 0.5) is 0 Å². The lowest BCUT2D eigenvalue weighted by Gasteiger charge is -2.52. The number of rotatable bonds is 5. The number of ether oxygens (including phenoxy) is 2. The Labute approximate surface area is 214 Å². The first kappa shape index (κ1) is 26.1. The molecule has 2 fully saturated rings. The van der Waals surface area contributed by atoms with Crippen LogP contribution in [0, 0.1) is 17.2 Å². The second-order valence-corrected chi connectivity index (χ2v) is 10.2. The van der Waals surface area contributed by atoms with Gasteiger partial charge in [-0.25, -0.2) is 9.98 Å². The van der Waals surface area contributed by atoms with E-state index in [-0.39, 0.29) is 6.04 Å². The van der Waals surface area contributed by atoms with Gasteiger partial charge in [0.2, 0.25) is 0 Å². The lowest BCUT2D eigenvalue weighted by atomic mass is 9.84. The zero-order valence-electron chi connectivity index (χ0n) is 21.9. The van der Waals surface area contributed by atoms with Gasteiger partial charge in [-0.15, -0.1) is 0 Å². The fraction of sp³-hybridized carbons (Fsp3) is 0.571. The minimum Gasteiger partial charge on any atom is -0.493 e. The van der Waals surface area contributed by atoms with E-state index >= 15 is 0 Å². The number of benzene rings is 1. The van der Waals surface area contributed by atoms with Crippen molar-refractivity contribution in [2.24, 2.45) is 26.6 Å². The monoisotopic (exact) mass is 490 g/mol. The van der Waals surface area contributed by atoms with Crippen molar-refractivity contribution >= 4 is 17.9 Å². The molecule has 36 heavy (non-hydrogen) atoms. The summed E-state index contributed by atoms with van der Waals surface area (Å²) >= 11 is 0. The van der Waals surface area contributed by atoms with Gasteiger partial charge in [-0.1, -0.05) is 19.1 Å². The van der Waals surface area contributed by atoms with E-state index in [4.69, 9.17) is 25.2 Å². The molecule has 8 heteroatoms. The molecule has 192 valence electrons. The number of aliphatic imine (C=N–C) groups is 3. The van der Waals surface area contributed by atoms with E-state index in [9.17, 15) is 5.26 Å². The molecule has 3 heterocycles. The van der Waals surface area contributed by atoms with Crippen LogP contribution in [0.1, 0.15) is 64.0 Å². The molecule has 4 rings (SSSR count). The van der Waals surface area contributed by atoms with Crippen LogP contribution >= 0.6 is 0 Å². The highest BCUT2D eigenvalue weighted by Gasteiger charge is 2.50. The summed E-state index contributed by atoms with van der Waals surface area (Å²) in [6.45, 7) is 11.6. The van der Waals surface area contributed by atoms with E-state index in [2.05, 4.69) is 47.2 Å². The molecule has 1 aromatic rings. The number of fused-ring (bicyclic) bond motifs is 1. The number of nitrogens with zero attached hydrogens (tertiary/aromatic N) is 5. The van der Waals surface area contributed by atoms with Crippen molar-refractivity contribution in [1.82, 2.24) is 4.90 Å². The molecule has 3 aliphatic rings. The lowest BCUT2D eigenvalue weighted by molar-refractivity contribution is -0.133. The zero-order chi connectivity index (χ0) is 25.7.